The van der Waals surface area contributed by atoms with Gasteiger partial charge in [0.15, 0.2) is 11.0 Å². The van der Waals surface area contributed by atoms with E-state index in [9.17, 15) is 9.59 Å². The Bertz CT molecular complexity index is 1230. The average molecular weight is 427 g/mol. The van der Waals surface area contributed by atoms with Crippen LogP contribution < -0.4 is 10.9 Å². The molecule has 0 saturated heterocycles. The van der Waals surface area contributed by atoms with Gasteiger partial charge in [0.2, 0.25) is 5.91 Å². The number of thioether (sulfide) groups is 1. The van der Waals surface area contributed by atoms with Gasteiger partial charge in [-0.3, -0.25) is 4.79 Å². The minimum atomic E-state index is -0.427. The predicted molar refractivity (Wildman–Crippen MR) is 115 cm³/mol. The Kier molecular flexibility index (Phi) is 5.50. The van der Waals surface area contributed by atoms with Gasteiger partial charge >= 0.3 is 5.63 Å². The first-order valence-electron chi connectivity index (χ1n) is 8.99. The number of aromatic nitrogens is 3. The number of rotatable bonds is 6. The Morgan fingerprint density at radius 2 is 2.14 bits per heavy atom. The summed E-state index contributed by atoms with van der Waals surface area (Å²) < 4.78 is 7.40. The summed E-state index contributed by atoms with van der Waals surface area (Å²) >= 11 is 3.15. The zero-order valence-corrected chi connectivity index (χ0v) is 17.5. The molecule has 0 aliphatic carbocycles. The van der Waals surface area contributed by atoms with Gasteiger partial charge in [-0.2, -0.15) is 0 Å². The molecule has 0 unspecified atom stereocenters. The van der Waals surface area contributed by atoms with Crippen LogP contribution in [0.2, 0.25) is 0 Å². The highest BCUT2D eigenvalue weighted by molar-refractivity contribution is 7.98. The minimum absolute atomic E-state index is 0.182. The fraction of sp³-hybridized carbons (Fsp3) is 0.200. The highest BCUT2D eigenvalue weighted by atomic mass is 32.2. The number of carbonyl (C=O) groups excluding carboxylic acids is 1. The zero-order chi connectivity index (χ0) is 20.4. The molecule has 0 aliphatic rings. The lowest BCUT2D eigenvalue weighted by molar-refractivity contribution is -0.114. The number of benzene rings is 1. The highest BCUT2D eigenvalue weighted by Crippen LogP contribution is 2.30. The van der Waals surface area contributed by atoms with Gasteiger partial charge in [0.05, 0.1) is 4.88 Å². The van der Waals surface area contributed by atoms with Crippen LogP contribution in [0.25, 0.3) is 21.7 Å². The molecular formula is C20H18N4O3S2. The molecule has 0 bridgehead atoms. The van der Waals surface area contributed by atoms with Crippen molar-refractivity contribution in [2.75, 3.05) is 5.32 Å². The fourth-order valence-electron chi connectivity index (χ4n) is 3.04. The second-order valence-electron chi connectivity index (χ2n) is 6.30. The molecule has 7 nitrogen and oxygen atoms in total. The Labute approximate surface area is 174 Å². The summed E-state index contributed by atoms with van der Waals surface area (Å²) in [7, 11) is 0. The molecule has 29 heavy (non-hydrogen) atoms. The lowest BCUT2D eigenvalue weighted by Gasteiger charge is -2.08. The Hall–Kier alpha value is -2.91. The van der Waals surface area contributed by atoms with E-state index < -0.39 is 5.63 Å². The molecule has 3 aromatic heterocycles. The predicted octanol–water partition coefficient (Wildman–Crippen LogP) is 4.38. The van der Waals surface area contributed by atoms with Crippen molar-refractivity contribution in [1.82, 2.24) is 14.8 Å². The molecule has 1 aromatic carbocycles. The monoisotopic (exact) mass is 426 g/mol. The van der Waals surface area contributed by atoms with E-state index in [0.29, 0.717) is 17.0 Å². The Morgan fingerprint density at radius 3 is 2.86 bits per heavy atom. The quantitative estimate of drug-likeness (QED) is 0.363. The summed E-state index contributed by atoms with van der Waals surface area (Å²) in [6, 6.07) is 10.8. The van der Waals surface area contributed by atoms with Crippen molar-refractivity contribution < 1.29 is 9.21 Å². The van der Waals surface area contributed by atoms with E-state index in [-0.39, 0.29) is 5.91 Å². The van der Waals surface area contributed by atoms with Crippen molar-refractivity contribution in [2.45, 2.75) is 31.3 Å². The third kappa shape index (κ3) is 4.10. The van der Waals surface area contributed by atoms with Crippen LogP contribution in [-0.2, 0) is 17.1 Å². The van der Waals surface area contributed by atoms with Crippen LogP contribution in [0.15, 0.2) is 56.1 Å². The molecule has 0 aliphatic heterocycles. The maximum atomic E-state index is 12.0. The summed E-state index contributed by atoms with van der Waals surface area (Å²) in [4.78, 5) is 24.4. The molecular weight excluding hydrogens is 408 g/mol. The van der Waals surface area contributed by atoms with Crippen molar-refractivity contribution in [2.24, 2.45) is 0 Å². The summed E-state index contributed by atoms with van der Waals surface area (Å²) in [5.41, 5.74) is 1.45. The Morgan fingerprint density at radius 1 is 1.28 bits per heavy atom. The van der Waals surface area contributed by atoms with Crippen molar-refractivity contribution in [3.63, 3.8) is 0 Å². The normalized spacial score (nSPS) is 11.1. The molecule has 148 valence electrons. The highest BCUT2D eigenvalue weighted by Gasteiger charge is 2.15. The number of hydrogen-bond donors (Lipinski definition) is 1. The summed E-state index contributed by atoms with van der Waals surface area (Å²) in [5, 5.41) is 15.0. The SMILES string of the molecule is CCn1c(SCc2cc(=O)oc3cc(NC(C)=O)ccc23)nnc1-c1cccs1. The fourth-order valence-corrected chi connectivity index (χ4v) is 4.75. The number of fused-ring (bicyclic) bond motifs is 1. The molecule has 0 fully saturated rings. The van der Waals surface area contributed by atoms with Crippen molar-refractivity contribution in [3.05, 3.63) is 57.8 Å². The van der Waals surface area contributed by atoms with Gasteiger partial charge in [0.25, 0.3) is 0 Å². The smallest absolute Gasteiger partial charge is 0.336 e. The largest absolute Gasteiger partial charge is 0.423 e. The van der Waals surface area contributed by atoms with E-state index in [1.54, 1.807) is 23.5 Å². The van der Waals surface area contributed by atoms with Gasteiger partial charge < -0.3 is 14.3 Å². The second-order valence-corrected chi connectivity index (χ2v) is 8.19. The summed E-state index contributed by atoms with van der Waals surface area (Å²) in [5.74, 6) is 1.21. The number of carbonyl (C=O) groups is 1. The minimum Gasteiger partial charge on any atom is -0.423 e. The molecule has 0 saturated carbocycles. The van der Waals surface area contributed by atoms with Gasteiger partial charge in [-0.1, -0.05) is 17.8 Å². The van der Waals surface area contributed by atoms with Gasteiger partial charge in [0.1, 0.15) is 5.58 Å². The van der Waals surface area contributed by atoms with E-state index in [2.05, 4.69) is 27.0 Å². The molecule has 1 amide bonds. The summed E-state index contributed by atoms with van der Waals surface area (Å²) in [6.07, 6.45) is 0. The van der Waals surface area contributed by atoms with Crippen LogP contribution >= 0.6 is 23.1 Å². The average Bonchev–Trinajstić information content (AvgIpc) is 3.34. The molecule has 9 heteroatoms. The van der Waals surface area contributed by atoms with Crippen LogP contribution in [0, 0.1) is 0 Å². The number of nitrogens with zero attached hydrogens (tertiary/aromatic N) is 3. The first-order valence-corrected chi connectivity index (χ1v) is 10.9. The number of nitrogens with one attached hydrogen (secondary N) is 1. The number of thiophene rings is 1. The topological polar surface area (TPSA) is 90.0 Å². The number of hydrogen-bond acceptors (Lipinski definition) is 7. The van der Waals surface area contributed by atoms with Gasteiger partial charge in [-0.15, -0.1) is 21.5 Å². The van der Waals surface area contributed by atoms with Gasteiger partial charge in [-0.05, 0) is 36.1 Å². The summed E-state index contributed by atoms with van der Waals surface area (Å²) in [6.45, 7) is 4.24. The van der Waals surface area contributed by atoms with E-state index in [1.165, 1.54) is 24.8 Å². The van der Waals surface area contributed by atoms with Crippen LogP contribution in [0.1, 0.15) is 19.4 Å². The van der Waals surface area contributed by atoms with Crippen molar-refractivity contribution >= 4 is 45.7 Å². The third-order valence-electron chi connectivity index (χ3n) is 4.28. The number of anilines is 1. The van der Waals surface area contributed by atoms with E-state index in [0.717, 1.165) is 33.4 Å². The molecule has 3 heterocycles. The van der Waals surface area contributed by atoms with Gasteiger partial charge in [0, 0.05) is 42.4 Å². The second kappa shape index (κ2) is 8.22. The first kappa shape index (κ1) is 19.4. The van der Waals surface area contributed by atoms with Crippen LogP contribution in [-0.4, -0.2) is 20.7 Å². The van der Waals surface area contributed by atoms with Crippen LogP contribution in [0.4, 0.5) is 5.69 Å². The van der Waals surface area contributed by atoms with Crippen LogP contribution in [0.5, 0.6) is 0 Å². The molecule has 4 aromatic rings. The molecule has 1 N–H and O–H groups in total. The molecule has 4 rings (SSSR count). The van der Waals surface area contributed by atoms with Crippen molar-refractivity contribution in [1.29, 1.82) is 0 Å². The molecule has 0 radical (unpaired) electrons. The lowest BCUT2D eigenvalue weighted by Crippen LogP contribution is -2.06. The maximum absolute atomic E-state index is 12.0. The van der Waals surface area contributed by atoms with Crippen LogP contribution in [0.3, 0.4) is 0 Å². The first-order chi connectivity index (χ1) is 14.0. The zero-order valence-electron chi connectivity index (χ0n) is 15.8. The molecule has 0 atom stereocenters. The maximum Gasteiger partial charge on any atom is 0.336 e. The standard InChI is InChI=1S/C20H18N4O3S2/c1-3-24-19(17-5-4-8-28-17)22-23-20(24)29-11-13-9-18(26)27-16-10-14(21-12(2)25)6-7-15(13)16/h4-10H,3,11H2,1-2H3,(H,21,25). The molecule has 0 spiro atoms. The number of amides is 1. The lowest BCUT2D eigenvalue weighted by atomic mass is 10.1. The van der Waals surface area contributed by atoms with E-state index in [4.69, 9.17) is 4.42 Å². The van der Waals surface area contributed by atoms with E-state index in [1.807, 2.05) is 23.6 Å². The van der Waals surface area contributed by atoms with E-state index >= 15 is 0 Å². The third-order valence-corrected chi connectivity index (χ3v) is 6.16. The van der Waals surface area contributed by atoms with Crippen molar-refractivity contribution in [3.8, 4) is 10.7 Å². The van der Waals surface area contributed by atoms with Gasteiger partial charge in [-0.25, -0.2) is 4.79 Å². The Balaban J connectivity index is 1.63.